The zero-order valence-corrected chi connectivity index (χ0v) is 32.0. The van der Waals surface area contributed by atoms with E-state index in [0.29, 0.717) is 0 Å². The highest BCUT2D eigenvalue weighted by atomic mass is 16.3. The first-order valence-corrected chi connectivity index (χ1v) is 20.1. The SMILES string of the molecule is c1ccc(-c2c(N(c3cccc(-c4cccc5oc6ccccc6c45)c3)c3ccccc3-c3cccc4c3oc3ccccc34)c3ccccc3c3ccccc23)cc1. The van der Waals surface area contributed by atoms with E-state index in [1.54, 1.807) is 0 Å². The summed E-state index contributed by atoms with van der Waals surface area (Å²) in [6, 6.07) is 75.8. The van der Waals surface area contributed by atoms with E-state index in [9.17, 15) is 0 Å². The van der Waals surface area contributed by atoms with Crippen LogP contribution in [-0.4, -0.2) is 0 Å². The Morgan fingerprint density at radius 2 is 0.864 bits per heavy atom. The lowest BCUT2D eigenvalue weighted by atomic mass is 9.89. The molecule has 0 saturated carbocycles. The van der Waals surface area contributed by atoms with Crippen molar-refractivity contribution in [2.24, 2.45) is 0 Å². The summed E-state index contributed by atoms with van der Waals surface area (Å²) in [5, 5.41) is 9.21. The fraction of sp³-hybridized carbons (Fsp3) is 0. The van der Waals surface area contributed by atoms with Gasteiger partial charge >= 0.3 is 0 Å². The molecule has 0 aliphatic heterocycles. The minimum atomic E-state index is 0.875. The lowest BCUT2D eigenvalue weighted by Crippen LogP contribution is -2.13. The van der Waals surface area contributed by atoms with E-state index in [4.69, 9.17) is 8.83 Å². The summed E-state index contributed by atoms with van der Waals surface area (Å²) in [7, 11) is 0. The molecule has 2 heterocycles. The summed E-state index contributed by atoms with van der Waals surface area (Å²) in [6.45, 7) is 0. The maximum absolute atomic E-state index is 6.72. The molecule has 3 heteroatoms. The van der Waals surface area contributed by atoms with E-state index in [0.717, 1.165) is 94.1 Å². The van der Waals surface area contributed by atoms with Crippen LogP contribution in [0.4, 0.5) is 17.1 Å². The number of fused-ring (bicyclic) bond motifs is 9. The maximum Gasteiger partial charge on any atom is 0.143 e. The molecular formula is C56H35NO2. The van der Waals surface area contributed by atoms with Gasteiger partial charge in [0.1, 0.15) is 22.3 Å². The Balaban J connectivity index is 1.21. The Hall–Kier alpha value is -7.88. The van der Waals surface area contributed by atoms with Crippen molar-refractivity contribution in [2.45, 2.75) is 0 Å². The molecule has 0 amide bonds. The van der Waals surface area contributed by atoms with Crippen LogP contribution in [0.15, 0.2) is 221 Å². The van der Waals surface area contributed by atoms with Crippen LogP contribution in [0.5, 0.6) is 0 Å². The smallest absolute Gasteiger partial charge is 0.143 e. The first-order chi connectivity index (χ1) is 29.3. The summed E-state index contributed by atoms with van der Waals surface area (Å²) in [6.07, 6.45) is 0. The highest BCUT2D eigenvalue weighted by Crippen LogP contribution is 2.52. The molecule has 12 rings (SSSR count). The van der Waals surface area contributed by atoms with Crippen molar-refractivity contribution < 1.29 is 8.83 Å². The number of para-hydroxylation sites is 4. The molecule has 0 radical (unpaired) electrons. The van der Waals surface area contributed by atoms with E-state index in [1.165, 1.54) is 21.7 Å². The average Bonchev–Trinajstić information content (AvgIpc) is 3.89. The molecule has 10 aromatic carbocycles. The fourth-order valence-corrected chi connectivity index (χ4v) is 9.32. The largest absolute Gasteiger partial charge is 0.456 e. The first-order valence-electron chi connectivity index (χ1n) is 20.1. The highest BCUT2D eigenvalue weighted by molar-refractivity contribution is 6.23. The van der Waals surface area contributed by atoms with Gasteiger partial charge in [-0.3, -0.25) is 0 Å². The maximum atomic E-state index is 6.72. The molecular weight excluding hydrogens is 719 g/mol. The molecule has 0 saturated heterocycles. The Bertz CT molecular complexity index is 3580. The fourth-order valence-electron chi connectivity index (χ4n) is 9.32. The van der Waals surface area contributed by atoms with Gasteiger partial charge in [-0.05, 0) is 69.2 Å². The summed E-state index contributed by atoms with van der Waals surface area (Å²) in [5.74, 6) is 0. The van der Waals surface area contributed by atoms with E-state index >= 15 is 0 Å². The highest BCUT2D eigenvalue weighted by Gasteiger charge is 2.27. The lowest BCUT2D eigenvalue weighted by molar-refractivity contribution is 0.669. The van der Waals surface area contributed by atoms with Gasteiger partial charge in [0.05, 0.1) is 11.4 Å². The van der Waals surface area contributed by atoms with Gasteiger partial charge in [-0.15, -0.1) is 0 Å². The van der Waals surface area contributed by atoms with E-state index < -0.39 is 0 Å². The molecule has 2 aromatic heterocycles. The van der Waals surface area contributed by atoms with Crippen molar-refractivity contribution in [2.75, 3.05) is 4.90 Å². The lowest BCUT2D eigenvalue weighted by Gasteiger charge is -2.32. The van der Waals surface area contributed by atoms with Gasteiger partial charge in [0.15, 0.2) is 0 Å². The van der Waals surface area contributed by atoms with Gasteiger partial charge in [0, 0.05) is 49.3 Å². The second kappa shape index (κ2) is 13.4. The monoisotopic (exact) mass is 753 g/mol. The third-order valence-corrected chi connectivity index (χ3v) is 11.8. The minimum absolute atomic E-state index is 0.875. The summed E-state index contributed by atoms with van der Waals surface area (Å²) >= 11 is 0. The number of rotatable bonds is 6. The standard InChI is InChI=1S/C56H35NO2/c1-2-17-36(18-3-1)53-44-25-6-4-21-40(44)41-22-5-7-26-45(41)55(53)57(38-20-14-19-37(35-38)39-28-16-34-52-54(39)48-27-10-13-33-51(48)58-52)49-31-11-8-23-42(49)46-29-15-30-47-43-24-9-12-32-50(43)59-56(46)47/h1-35H. The zero-order chi connectivity index (χ0) is 38.9. The molecule has 0 N–H and O–H groups in total. The van der Waals surface area contributed by atoms with Gasteiger partial charge in [0.25, 0.3) is 0 Å². The van der Waals surface area contributed by atoms with Crippen LogP contribution in [0.25, 0.3) is 98.8 Å². The Morgan fingerprint density at radius 3 is 1.69 bits per heavy atom. The van der Waals surface area contributed by atoms with E-state index in [-0.39, 0.29) is 0 Å². The van der Waals surface area contributed by atoms with Crippen LogP contribution in [0.1, 0.15) is 0 Å². The van der Waals surface area contributed by atoms with Gasteiger partial charge < -0.3 is 13.7 Å². The molecule has 0 aliphatic rings. The zero-order valence-electron chi connectivity index (χ0n) is 32.0. The van der Waals surface area contributed by atoms with Crippen LogP contribution in [-0.2, 0) is 0 Å². The Kier molecular flexibility index (Phi) is 7.54. The quantitative estimate of drug-likeness (QED) is 0.158. The molecule has 3 nitrogen and oxygen atoms in total. The number of hydrogen-bond acceptors (Lipinski definition) is 3. The van der Waals surface area contributed by atoms with Crippen molar-refractivity contribution in [3.63, 3.8) is 0 Å². The van der Waals surface area contributed by atoms with Crippen LogP contribution in [0.3, 0.4) is 0 Å². The van der Waals surface area contributed by atoms with E-state index in [1.807, 2.05) is 18.2 Å². The van der Waals surface area contributed by atoms with Crippen LogP contribution < -0.4 is 4.90 Å². The number of hydrogen-bond donors (Lipinski definition) is 0. The number of benzene rings is 10. The van der Waals surface area contributed by atoms with Crippen LogP contribution in [0, 0.1) is 0 Å². The van der Waals surface area contributed by atoms with Crippen molar-refractivity contribution in [3.8, 4) is 33.4 Å². The van der Waals surface area contributed by atoms with Crippen molar-refractivity contribution >= 4 is 82.5 Å². The number of nitrogens with zero attached hydrogens (tertiary/aromatic N) is 1. The third-order valence-electron chi connectivity index (χ3n) is 11.8. The topological polar surface area (TPSA) is 29.5 Å². The normalized spacial score (nSPS) is 11.7. The summed E-state index contributed by atoms with van der Waals surface area (Å²) in [5.41, 5.74) is 13.4. The molecule has 0 aliphatic carbocycles. The molecule has 0 bridgehead atoms. The molecule has 0 spiro atoms. The van der Waals surface area contributed by atoms with Gasteiger partial charge in [-0.2, -0.15) is 0 Å². The predicted molar refractivity (Wildman–Crippen MR) is 247 cm³/mol. The van der Waals surface area contributed by atoms with Crippen molar-refractivity contribution in [1.82, 2.24) is 0 Å². The van der Waals surface area contributed by atoms with Crippen molar-refractivity contribution in [1.29, 1.82) is 0 Å². The van der Waals surface area contributed by atoms with Crippen LogP contribution in [0.2, 0.25) is 0 Å². The third kappa shape index (κ3) is 5.22. The second-order valence-electron chi connectivity index (χ2n) is 15.1. The second-order valence-corrected chi connectivity index (χ2v) is 15.1. The average molecular weight is 754 g/mol. The molecule has 276 valence electrons. The van der Waals surface area contributed by atoms with Crippen LogP contribution >= 0.6 is 0 Å². The molecule has 59 heavy (non-hydrogen) atoms. The van der Waals surface area contributed by atoms with Gasteiger partial charge in [-0.1, -0.05) is 176 Å². The molecule has 0 fully saturated rings. The predicted octanol–water partition coefficient (Wildman–Crippen LogP) is 16.3. The van der Waals surface area contributed by atoms with E-state index in [2.05, 4.69) is 199 Å². The molecule has 0 unspecified atom stereocenters. The number of anilines is 3. The first kappa shape index (κ1) is 33.3. The van der Waals surface area contributed by atoms with Crippen molar-refractivity contribution in [3.05, 3.63) is 212 Å². The van der Waals surface area contributed by atoms with Gasteiger partial charge in [0.2, 0.25) is 0 Å². The molecule has 12 aromatic rings. The van der Waals surface area contributed by atoms with Gasteiger partial charge in [-0.25, -0.2) is 0 Å². The molecule has 0 atom stereocenters. The number of furan rings is 2. The Labute approximate surface area is 340 Å². The summed E-state index contributed by atoms with van der Waals surface area (Å²) in [4.78, 5) is 2.49. The summed E-state index contributed by atoms with van der Waals surface area (Å²) < 4.78 is 13.1. The Morgan fingerprint density at radius 1 is 0.322 bits per heavy atom. The minimum Gasteiger partial charge on any atom is -0.456 e.